The second kappa shape index (κ2) is 12.0. The van der Waals surface area contributed by atoms with Gasteiger partial charge in [-0.2, -0.15) is 0 Å². The van der Waals surface area contributed by atoms with Gasteiger partial charge in [0.2, 0.25) is 0 Å². The van der Waals surface area contributed by atoms with Crippen molar-refractivity contribution in [1.82, 2.24) is 9.80 Å². The number of amides is 1. The van der Waals surface area contributed by atoms with Crippen molar-refractivity contribution in [3.63, 3.8) is 0 Å². The van der Waals surface area contributed by atoms with Gasteiger partial charge < -0.3 is 10.6 Å². The van der Waals surface area contributed by atoms with E-state index in [9.17, 15) is 4.79 Å². The Hall–Kier alpha value is -2.37. The smallest absolute Gasteiger partial charge is 0.255 e. The molecule has 2 fully saturated rings. The topological polar surface area (TPSA) is 49.6 Å². The predicted molar refractivity (Wildman–Crippen MR) is 162 cm³/mol. The summed E-state index contributed by atoms with van der Waals surface area (Å²) >= 11 is 12.9. The predicted octanol–water partition coefficient (Wildman–Crippen LogP) is 7.50. The standard InChI is InChI=1S/C33H39Cl2N3O/c1-2-17-33(37-21-18-32(24-36,19-22-37)27-12-7-4-8-13-27)28(26-15-16-29(34)30(35)23-26)14-9-20-38(33)31(39)25-10-5-3-6-11-25/h3-8,10-13,15-16,23,28H,2,9,14,17-22,24,36H2,1H3. The summed E-state index contributed by atoms with van der Waals surface area (Å²) in [6.45, 7) is 5.34. The maximum Gasteiger partial charge on any atom is 0.255 e. The van der Waals surface area contributed by atoms with Crippen molar-refractivity contribution in [2.24, 2.45) is 5.73 Å². The number of hydrogen-bond acceptors (Lipinski definition) is 3. The van der Waals surface area contributed by atoms with Gasteiger partial charge >= 0.3 is 0 Å². The summed E-state index contributed by atoms with van der Waals surface area (Å²) in [7, 11) is 0. The zero-order valence-corrected chi connectivity index (χ0v) is 24.3. The minimum Gasteiger partial charge on any atom is -0.330 e. The molecule has 2 aliphatic rings. The normalized spacial score (nSPS) is 23.5. The van der Waals surface area contributed by atoms with Crippen LogP contribution in [-0.2, 0) is 5.41 Å². The molecule has 0 spiro atoms. The van der Waals surface area contributed by atoms with E-state index in [1.807, 2.05) is 42.5 Å². The largest absolute Gasteiger partial charge is 0.330 e. The lowest BCUT2D eigenvalue weighted by Gasteiger charge is -2.60. The highest BCUT2D eigenvalue weighted by molar-refractivity contribution is 6.42. The minimum atomic E-state index is -0.464. The first kappa shape index (κ1) is 28.2. The van der Waals surface area contributed by atoms with Crippen LogP contribution in [0.15, 0.2) is 78.9 Å². The zero-order chi connectivity index (χ0) is 27.5. The SMILES string of the molecule is CCCC1(N2CCC(CN)(c3ccccc3)CC2)C(c2ccc(Cl)c(Cl)c2)CCCN1C(=O)c1ccccc1. The summed E-state index contributed by atoms with van der Waals surface area (Å²) in [6.07, 6.45) is 5.71. The number of rotatable bonds is 7. The molecule has 4 nitrogen and oxygen atoms in total. The zero-order valence-electron chi connectivity index (χ0n) is 22.8. The number of benzene rings is 3. The number of nitrogens with zero attached hydrogens (tertiary/aromatic N) is 2. The maximum absolute atomic E-state index is 14.3. The number of nitrogens with two attached hydrogens (primary N) is 1. The molecular weight excluding hydrogens is 525 g/mol. The summed E-state index contributed by atoms with van der Waals surface area (Å²) in [5.41, 5.74) is 9.18. The second-order valence-corrected chi connectivity index (χ2v) is 12.0. The van der Waals surface area contributed by atoms with Gasteiger partial charge in [-0.25, -0.2) is 0 Å². The lowest BCUT2D eigenvalue weighted by atomic mass is 9.69. The van der Waals surface area contributed by atoms with Crippen molar-refractivity contribution < 1.29 is 4.79 Å². The Balaban J connectivity index is 1.59. The van der Waals surface area contributed by atoms with E-state index in [0.717, 1.165) is 69.3 Å². The van der Waals surface area contributed by atoms with Crippen LogP contribution >= 0.6 is 23.2 Å². The Bertz CT molecular complexity index is 1260. The third kappa shape index (κ3) is 5.25. The lowest BCUT2D eigenvalue weighted by molar-refractivity contribution is -0.101. The molecule has 2 unspecified atom stereocenters. The van der Waals surface area contributed by atoms with Crippen molar-refractivity contribution in [1.29, 1.82) is 0 Å². The first-order chi connectivity index (χ1) is 18.9. The molecule has 39 heavy (non-hydrogen) atoms. The molecular formula is C33H39Cl2N3O. The molecule has 2 N–H and O–H groups in total. The van der Waals surface area contributed by atoms with Crippen LogP contribution in [0.2, 0.25) is 10.0 Å². The van der Waals surface area contributed by atoms with E-state index in [1.165, 1.54) is 5.56 Å². The van der Waals surface area contributed by atoms with Crippen molar-refractivity contribution in [2.45, 2.75) is 62.4 Å². The Kier molecular flexibility index (Phi) is 8.68. The van der Waals surface area contributed by atoms with Gasteiger partial charge in [0.15, 0.2) is 0 Å². The highest BCUT2D eigenvalue weighted by atomic mass is 35.5. The average molecular weight is 565 g/mol. The average Bonchev–Trinajstić information content (AvgIpc) is 2.99. The van der Waals surface area contributed by atoms with Gasteiger partial charge in [-0.15, -0.1) is 0 Å². The first-order valence-electron chi connectivity index (χ1n) is 14.3. The number of hydrogen-bond donors (Lipinski definition) is 1. The highest BCUT2D eigenvalue weighted by Gasteiger charge is 2.54. The molecule has 0 aromatic heterocycles. The highest BCUT2D eigenvalue weighted by Crippen LogP contribution is 2.50. The Labute approximate surface area is 243 Å². The van der Waals surface area contributed by atoms with Crippen molar-refractivity contribution in [2.75, 3.05) is 26.2 Å². The molecule has 6 heteroatoms. The molecule has 1 amide bonds. The lowest BCUT2D eigenvalue weighted by Crippen LogP contribution is -2.69. The van der Waals surface area contributed by atoms with Crippen molar-refractivity contribution in [3.8, 4) is 0 Å². The number of halogens is 2. The van der Waals surface area contributed by atoms with Crippen molar-refractivity contribution in [3.05, 3.63) is 106 Å². The Morgan fingerprint density at radius 2 is 1.59 bits per heavy atom. The third-order valence-electron chi connectivity index (χ3n) is 9.17. The van der Waals surface area contributed by atoms with Gasteiger partial charge in [0.1, 0.15) is 5.66 Å². The fourth-order valence-electron chi connectivity index (χ4n) is 7.19. The fourth-order valence-corrected chi connectivity index (χ4v) is 7.50. The van der Waals surface area contributed by atoms with Gasteiger partial charge in [-0.1, -0.05) is 91.1 Å². The molecule has 5 rings (SSSR count). The molecule has 3 aromatic carbocycles. The minimum absolute atomic E-state index is 0.0484. The van der Waals surface area contributed by atoms with E-state index >= 15 is 0 Å². The van der Waals surface area contributed by atoms with Crippen LogP contribution in [0, 0.1) is 0 Å². The van der Waals surface area contributed by atoms with Crippen LogP contribution in [-0.4, -0.2) is 47.5 Å². The summed E-state index contributed by atoms with van der Waals surface area (Å²) in [5.74, 6) is 0.225. The monoisotopic (exact) mass is 563 g/mol. The molecule has 0 saturated carbocycles. The number of likely N-dealkylation sites (tertiary alicyclic amines) is 2. The second-order valence-electron chi connectivity index (χ2n) is 11.2. The molecule has 3 aromatic rings. The number of piperidine rings is 2. The van der Waals surface area contributed by atoms with Crippen LogP contribution in [0.25, 0.3) is 0 Å². The van der Waals surface area contributed by atoms with Gasteiger partial charge in [-0.05, 0) is 67.5 Å². The first-order valence-corrected chi connectivity index (χ1v) is 15.0. The Morgan fingerprint density at radius 1 is 0.923 bits per heavy atom. The van der Waals surface area contributed by atoms with E-state index < -0.39 is 5.66 Å². The molecule has 0 radical (unpaired) electrons. The third-order valence-corrected chi connectivity index (χ3v) is 9.91. The van der Waals surface area contributed by atoms with Gasteiger partial charge in [0, 0.05) is 43.1 Å². The summed E-state index contributed by atoms with van der Waals surface area (Å²) in [5, 5.41) is 1.12. The van der Waals surface area contributed by atoms with Crippen LogP contribution in [0.4, 0.5) is 0 Å². The number of carbonyl (C=O) groups is 1. The molecule has 0 aliphatic carbocycles. The van der Waals surface area contributed by atoms with Gasteiger partial charge in [0.25, 0.3) is 5.91 Å². The maximum atomic E-state index is 14.3. The van der Waals surface area contributed by atoms with E-state index in [-0.39, 0.29) is 17.2 Å². The fraction of sp³-hybridized carbons (Fsp3) is 0.424. The van der Waals surface area contributed by atoms with E-state index in [2.05, 4.69) is 53.1 Å². The molecule has 2 aliphatic heterocycles. The molecule has 2 heterocycles. The van der Waals surface area contributed by atoms with Crippen LogP contribution in [0.1, 0.15) is 72.9 Å². The molecule has 2 saturated heterocycles. The van der Waals surface area contributed by atoms with Crippen LogP contribution < -0.4 is 5.73 Å². The van der Waals surface area contributed by atoms with E-state index in [1.54, 1.807) is 0 Å². The molecule has 0 bridgehead atoms. The molecule has 206 valence electrons. The molecule has 2 atom stereocenters. The number of carbonyl (C=O) groups excluding carboxylic acids is 1. The van der Waals surface area contributed by atoms with Crippen LogP contribution in [0.5, 0.6) is 0 Å². The van der Waals surface area contributed by atoms with E-state index in [4.69, 9.17) is 28.9 Å². The summed E-state index contributed by atoms with van der Waals surface area (Å²) in [4.78, 5) is 19.1. The summed E-state index contributed by atoms with van der Waals surface area (Å²) in [6, 6.07) is 26.5. The van der Waals surface area contributed by atoms with Gasteiger partial charge in [-0.3, -0.25) is 9.69 Å². The quantitative estimate of drug-likeness (QED) is 0.323. The summed E-state index contributed by atoms with van der Waals surface area (Å²) < 4.78 is 0. The van der Waals surface area contributed by atoms with E-state index in [0.29, 0.717) is 16.6 Å². The van der Waals surface area contributed by atoms with Crippen molar-refractivity contribution >= 4 is 29.1 Å². The van der Waals surface area contributed by atoms with Gasteiger partial charge in [0.05, 0.1) is 10.0 Å². The Morgan fingerprint density at radius 3 is 2.21 bits per heavy atom. The van der Waals surface area contributed by atoms with Crippen LogP contribution in [0.3, 0.4) is 0 Å².